The van der Waals surface area contributed by atoms with Crippen LogP contribution in [0.3, 0.4) is 0 Å². The van der Waals surface area contributed by atoms with E-state index in [0.717, 1.165) is 18.4 Å². The summed E-state index contributed by atoms with van der Waals surface area (Å²) in [6.07, 6.45) is 6.59. The van der Waals surface area contributed by atoms with E-state index in [1.165, 1.54) is 19.3 Å². The molecular weight excluding hydrogens is 432 g/mol. The monoisotopic (exact) mass is 474 g/mol. The molecule has 1 fully saturated rings. The number of rotatable bonds is 12. The Morgan fingerprint density at radius 3 is 2.41 bits per heavy atom. The molecule has 0 saturated heterocycles. The van der Waals surface area contributed by atoms with E-state index in [9.17, 15) is 9.59 Å². The van der Waals surface area contributed by atoms with Gasteiger partial charge in [0.1, 0.15) is 6.04 Å². The van der Waals surface area contributed by atoms with Gasteiger partial charge in [-0.2, -0.15) is 0 Å². The maximum Gasteiger partial charge on any atom is 0.244 e. The van der Waals surface area contributed by atoms with Crippen molar-refractivity contribution < 1.29 is 19.1 Å². The molecule has 4 N–H and O–H groups in total. The Balaban J connectivity index is 2.04. The number of benzene rings is 1. The first kappa shape index (κ1) is 27.5. The minimum Gasteiger partial charge on any atom is -0.490 e. The van der Waals surface area contributed by atoms with Crippen molar-refractivity contribution in [2.75, 3.05) is 19.8 Å². The number of guanidine groups is 1. The third kappa shape index (κ3) is 9.61. The maximum absolute atomic E-state index is 12.8. The Kier molecular flexibility index (Phi) is 11.7. The van der Waals surface area contributed by atoms with Crippen molar-refractivity contribution in [2.45, 2.75) is 78.7 Å². The molecule has 1 atom stereocenters. The van der Waals surface area contributed by atoms with Gasteiger partial charge in [-0.25, -0.2) is 4.99 Å². The van der Waals surface area contributed by atoms with E-state index < -0.39 is 6.04 Å². The number of amides is 2. The van der Waals surface area contributed by atoms with Gasteiger partial charge in [0.05, 0.1) is 19.6 Å². The van der Waals surface area contributed by atoms with Crippen LogP contribution < -0.4 is 25.8 Å². The highest BCUT2D eigenvalue weighted by molar-refractivity contribution is 5.98. The summed E-state index contributed by atoms with van der Waals surface area (Å²) >= 11 is 0. The smallest absolute Gasteiger partial charge is 0.244 e. The second-order valence-electron chi connectivity index (χ2n) is 9.28. The molecule has 1 aliphatic carbocycles. The van der Waals surface area contributed by atoms with E-state index in [4.69, 9.17) is 15.2 Å². The van der Waals surface area contributed by atoms with Gasteiger partial charge in [0.15, 0.2) is 17.5 Å². The topological polar surface area (TPSA) is 115 Å². The molecule has 8 heteroatoms. The standard InChI is InChI=1S/C26H42N4O4/c1-5-33-22-13-12-20(15-23(22)34-6-2)16-24(31)30-26(27)29-21(25(32)28-17-18(3)4)14-19-10-8-7-9-11-19/h12-13,15,18-19,21H,5-11,14,16-17H2,1-4H3,(H,28,32)(H3,27,29,30,31). The Morgan fingerprint density at radius 1 is 1.09 bits per heavy atom. The molecule has 0 heterocycles. The highest BCUT2D eigenvalue weighted by atomic mass is 16.5. The van der Waals surface area contributed by atoms with Crippen LogP contribution in [0.25, 0.3) is 0 Å². The fourth-order valence-corrected chi connectivity index (χ4v) is 4.16. The van der Waals surface area contributed by atoms with Crippen molar-refractivity contribution in [3.05, 3.63) is 23.8 Å². The molecule has 1 aromatic rings. The normalized spacial score (nSPS) is 15.6. The summed E-state index contributed by atoms with van der Waals surface area (Å²) in [4.78, 5) is 29.8. The summed E-state index contributed by atoms with van der Waals surface area (Å²) in [5.74, 6) is 1.59. The SMILES string of the molecule is CCOc1ccc(CC(=O)NC(N)=NC(CC2CCCCC2)C(=O)NCC(C)C)cc1OCC. The predicted molar refractivity (Wildman–Crippen MR) is 135 cm³/mol. The molecule has 34 heavy (non-hydrogen) atoms. The third-order valence-electron chi connectivity index (χ3n) is 5.80. The summed E-state index contributed by atoms with van der Waals surface area (Å²) < 4.78 is 11.2. The highest BCUT2D eigenvalue weighted by Crippen LogP contribution is 2.29. The molecule has 1 unspecified atom stereocenters. The average molecular weight is 475 g/mol. The van der Waals surface area contributed by atoms with Crippen LogP contribution in [0.2, 0.25) is 0 Å². The summed E-state index contributed by atoms with van der Waals surface area (Å²) in [5, 5.41) is 5.61. The lowest BCUT2D eigenvalue weighted by Crippen LogP contribution is -2.42. The van der Waals surface area contributed by atoms with E-state index in [2.05, 4.69) is 15.6 Å². The van der Waals surface area contributed by atoms with Crippen molar-refractivity contribution in [3.8, 4) is 11.5 Å². The van der Waals surface area contributed by atoms with Gasteiger partial charge in [0.25, 0.3) is 0 Å². The number of aliphatic imine (C=N–C) groups is 1. The maximum atomic E-state index is 12.8. The molecule has 1 aromatic carbocycles. The predicted octanol–water partition coefficient (Wildman–Crippen LogP) is 3.57. The molecule has 2 amide bonds. The first-order valence-electron chi connectivity index (χ1n) is 12.6. The zero-order chi connectivity index (χ0) is 24.9. The van der Waals surface area contributed by atoms with Gasteiger partial charge in [-0.3, -0.25) is 14.9 Å². The van der Waals surface area contributed by atoms with Crippen LogP contribution in [0.5, 0.6) is 11.5 Å². The van der Waals surface area contributed by atoms with E-state index in [-0.39, 0.29) is 24.2 Å². The minimum absolute atomic E-state index is 0.0264. The van der Waals surface area contributed by atoms with E-state index in [1.54, 1.807) is 12.1 Å². The molecule has 0 aliphatic heterocycles. The molecule has 0 radical (unpaired) electrons. The van der Waals surface area contributed by atoms with Crippen LogP contribution in [-0.2, 0) is 16.0 Å². The molecule has 0 aromatic heterocycles. The first-order chi connectivity index (χ1) is 16.3. The fraction of sp³-hybridized carbons (Fsp3) is 0.654. The van der Waals surface area contributed by atoms with Crippen molar-refractivity contribution in [2.24, 2.45) is 22.6 Å². The number of nitrogens with one attached hydrogen (secondary N) is 2. The number of carbonyl (C=O) groups excluding carboxylic acids is 2. The molecule has 8 nitrogen and oxygen atoms in total. The zero-order valence-electron chi connectivity index (χ0n) is 21.2. The van der Waals surface area contributed by atoms with Crippen LogP contribution in [0.4, 0.5) is 0 Å². The number of hydrogen-bond acceptors (Lipinski definition) is 5. The van der Waals surface area contributed by atoms with Crippen LogP contribution in [-0.4, -0.2) is 43.6 Å². The molecule has 2 rings (SSSR count). The van der Waals surface area contributed by atoms with Gasteiger partial charge in [0.2, 0.25) is 11.8 Å². The lowest BCUT2D eigenvalue weighted by Gasteiger charge is -2.24. The molecule has 190 valence electrons. The highest BCUT2D eigenvalue weighted by Gasteiger charge is 2.24. The second kappa shape index (κ2) is 14.5. The van der Waals surface area contributed by atoms with Gasteiger partial charge in [0, 0.05) is 6.54 Å². The van der Waals surface area contributed by atoms with Gasteiger partial charge in [-0.05, 0) is 49.8 Å². The summed E-state index contributed by atoms with van der Waals surface area (Å²) in [6.45, 7) is 9.51. The summed E-state index contributed by atoms with van der Waals surface area (Å²) in [6, 6.07) is 4.82. The second-order valence-corrected chi connectivity index (χ2v) is 9.28. The molecule has 0 spiro atoms. The van der Waals surface area contributed by atoms with Crippen LogP contribution in [0.1, 0.15) is 71.8 Å². The summed E-state index contributed by atoms with van der Waals surface area (Å²) in [7, 11) is 0. The van der Waals surface area contributed by atoms with Crippen molar-refractivity contribution in [3.63, 3.8) is 0 Å². The van der Waals surface area contributed by atoms with Gasteiger partial charge >= 0.3 is 0 Å². The summed E-state index contributed by atoms with van der Waals surface area (Å²) in [5.41, 5.74) is 6.83. The fourth-order valence-electron chi connectivity index (χ4n) is 4.16. The van der Waals surface area contributed by atoms with E-state index >= 15 is 0 Å². The Labute approximate surface area is 204 Å². The van der Waals surface area contributed by atoms with E-state index in [1.807, 2.05) is 33.8 Å². The Bertz CT molecular complexity index is 819. The lowest BCUT2D eigenvalue weighted by molar-refractivity contribution is -0.123. The zero-order valence-corrected chi connectivity index (χ0v) is 21.2. The van der Waals surface area contributed by atoms with Crippen LogP contribution in [0, 0.1) is 11.8 Å². The number of carbonyl (C=O) groups is 2. The number of nitrogens with two attached hydrogens (primary N) is 1. The van der Waals surface area contributed by atoms with Crippen LogP contribution >= 0.6 is 0 Å². The largest absolute Gasteiger partial charge is 0.490 e. The third-order valence-corrected chi connectivity index (χ3v) is 5.80. The van der Waals surface area contributed by atoms with Crippen molar-refractivity contribution in [1.29, 1.82) is 0 Å². The lowest BCUT2D eigenvalue weighted by atomic mass is 9.84. The number of ether oxygens (including phenoxy) is 2. The first-order valence-corrected chi connectivity index (χ1v) is 12.6. The van der Waals surface area contributed by atoms with Gasteiger partial charge in [-0.1, -0.05) is 52.0 Å². The van der Waals surface area contributed by atoms with Crippen molar-refractivity contribution >= 4 is 17.8 Å². The Hall–Kier alpha value is -2.77. The molecular formula is C26H42N4O4. The minimum atomic E-state index is -0.600. The number of hydrogen-bond donors (Lipinski definition) is 3. The van der Waals surface area contributed by atoms with E-state index in [0.29, 0.717) is 49.5 Å². The molecule has 1 aliphatic rings. The molecule has 1 saturated carbocycles. The molecule has 0 bridgehead atoms. The van der Waals surface area contributed by atoms with Crippen molar-refractivity contribution in [1.82, 2.24) is 10.6 Å². The quantitative estimate of drug-likeness (QED) is 0.316. The van der Waals surface area contributed by atoms with Crippen LogP contribution in [0.15, 0.2) is 23.2 Å². The average Bonchev–Trinajstić information content (AvgIpc) is 2.79. The number of nitrogens with zero attached hydrogens (tertiary/aromatic N) is 1. The van der Waals surface area contributed by atoms with Gasteiger partial charge in [-0.15, -0.1) is 0 Å². The van der Waals surface area contributed by atoms with Gasteiger partial charge < -0.3 is 20.5 Å². The Morgan fingerprint density at radius 2 is 1.76 bits per heavy atom.